The van der Waals surface area contributed by atoms with Gasteiger partial charge in [0.1, 0.15) is 0 Å². The highest BCUT2D eigenvalue weighted by Gasteiger charge is 2.15. The van der Waals surface area contributed by atoms with E-state index in [0.717, 1.165) is 5.92 Å². The predicted octanol–water partition coefficient (Wildman–Crippen LogP) is 3.37. The Hall–Kier alpha value is 0.690. The lowest BCUT2D eigenvalue weighted by Gasteiger charge is -2.25. The monoisotopic (exact) mass is 295 g/mol. The van der Waals surface area contributed by atoms with Crippen LogP contribution in [0, 0.1) is 5.92 Å². The Morgan fingerprint density at radius 2 is 1.85 bits per heavy atom. The molecule has 2 heteroatoms. The summed E-state index contributed by atoms with van der Waals surface area (Å²) < 4.78 is 1.33. The number of nitrogens with one attached hydrogen (secondary N) is 1. The zero-order valence-corrected chi connectivity index (χ0v) is 10.7. The van der Waals surface area contributed by atoms with Gasteiger partial charge in [-0.1, -0.05) is 41.9 Å². The second-order valence-corrected chi connectivity index (χ2v) is 5.18. The van der Waals surface area contributed by atoms with Crippen molar-refractivity contribution in [3.63, 3.8) is 0 Å². The van der Waals surface area contributed by atoms with E-state index in [4.69, 9.17) is 0 Å². The molecule has 0 aromatic heterocycles. The first-order valence-electron chi connectivity index (χ1n) is 5.70. The number of alkyl halides is 1. The summed E-state index contributed by atoms with van der Waals surface area (Å²) in [6, 6.07) is 0. The molecule has 1 rings (SSSR count). The largest absolute Gasteiger partial charge is 0.316 e. The molecule has 0 aromatic carbocycles. The number of rotatable bonds is 8. The summed E-state index contributed by atoms with van der Waals surface area (Å²) in [6.07, 6.45) is 10.0. The molecule has 0 saturated heterocycles. The first-order chi connectivity index (χ1) is 6.43. The molecule has 0 atom stereocenters. The molecular formula is C11H22IN. The topological polar surface area (TPSA) is 12.0 Å². The fraction of sp³-hybridized carbons (Fsp3) is 1.00. The summed E-state index contributed by atoms with van der Waals surface area (Å²) in [6.45, 7) is 2.53. The zero-order valence-electron chi connectivity index (χ0n) is 8.53. The zero-order chi connectivity index (χ0) is 9.36. The lowest BCUT2D eigenvalue weighted by Crippen LogP contribution is -2.27. The fourth-order valence-corrected chi connectivity index (χ4v) is 2.24. The van der Waals surface area contributed by atoms with Gasteiger partial charge >= 0.3 is 0 Å². The van der Waals surface area contributed by atoms with E-state index in [9.17, 15) is 0 Å². The van der Waals surface area contributed by atoms with Crippen molar-refractivity contribution in [3.05, 3.63) is 0 Å². The molecule has 13 heavy (non-hydrogen) atoms. The Labute approximate surface area is 96.2 Å². The molecule has 0 aromatic rings. The SMILES string of the molecule is ICCCCCCNCC1CCC1. The molecule has 0 amide bonds. The molecular weight excluding hydrogens is 273 g/mol. The molecule has 1 fully saturated rings. The van der Waals surface area contributed by atoms with Crippen LogP contribution in [-0.2, 0) is 0 Å². The third-order valence-electron chi connectivity index (χ3n) is 2.89. The Kier molecular flexibility index (Phi) is 7.27. The van der Waals surface area contributed by atoms with Crippen molar-refractivity contribution in [2.24, 2.45) is 5.92 Å². The van der Waals surface area contributed by atoms with E-state index in [1.807, 2.05) is 0 Å². The Bertz CT molecular complexity index is 113. The molecule has 78 valence electrons. The molecule has 1 nitrogen and oxygen atoms in total. The van der Waals surface area contributed by atoms with Crippen LogP contribution in [-0.4, -0.2) is 17.5 Å². The van der Waals surface area contributed by atoms with E-state index in [0.29, 0.717) is 0 Å². The molecule has 1 N–H and O–H groups in total. The van der Waals surface area contributed by atoms with Crippen LogP contribution in [0.25, 0.3) is 0 Å². The van der Waals surface area contributed by atoms with E-state index in [1.54, 1.807) is 0 Å². The molecule has 0 heterocycles. The summed E-state index contributed by atoms with van der Waals surface area (Å²) in [4.78, 5) is 0. The van der Waals surface area contributed by atoms with Crippen molar-refractivity contribution in [2.45, 2.75) is 44.9 Å². The molecule has 0 spiro atoms. The van der Waals surface area contributed by atoms with Crippen LogP contribution in [0.15, 0.2) is 0 Å². The van der Waals surface area contributed by atoms with Crippen molar-refractivity contribution < 1.29 is 0 Å². The van der Waals surface area contributed by atoms with Crippen molar-refractivity contribution in [1.82, 2.24) is 5.32 Å². The van der Waals surface area contributed by atoms with Crippen LogP contribution in [0.4, 0.5) is 0 Å². The average Bonchev–Trinajstić information content (AvgIpc) is 2.07. The molecule has 1 saturated carbocycles. The normalized spacial score (nSPS) is 17.3. The van der Waals surface area contributed by atoms with Crippen LogP contribution in [0.1, 0.15) is 44.9 Å². The summed E-state index contributed by atoms with van der Waals surface area (Å²) in [7, 11) is 0. The maximum absolute atomic E-state index is 3.56. The van der Waals surface area contributed by atoms with Gasteiger partial charge in [-0.2, -0.15) is 0 Å². The van der Waals surface area contributed by atoms with Gasteiger partial charge in [0.05, 0.1) is 0 Å². The quantitative estimate of drug-likeness (QED) is 0.411. The lowest BCUT2D eigenvalue weighted by atomic mass is 9.85. The fourth-order valence-electron chi connectivity index (χ4n) is 1.70. The van der Waals surface area contributed by atoms with Crippen molar-refractivity contribution in [3.8, 4) is 0 Å². The second kappa shape index (κ2) is 8.04. The first kappa shape index (κ1) is 11.8. The van der Waals surface area contributed by atoms with Gasteiger partial charge in [-0.3, -0.25) is 0 Å². The third-order valence-corrected chi connectivity index (χ3v) is 3.66. The van der Waals surface area contributed by atoms with Gasteiger partial charge in [0.2, 0.25) is 0 Å². The molecule has 0 radical (unpaired) electrons. The van der Waals surface area contributed by atoms with Crippen LogP contribution in [0.5, 0.6) is 0 Å². The molecule has 0 aliphatic heterocycles. The second-order valence-electron chi connectivity index (χ2n) is 4.10. The predicted molar refractivity (Wildman–Crippen MR) is 67.6 cm³/mol. The summed E-state index contributed by atoms with van der Waals surface area (Å²) in [5.41, 5.74) is 0. The maximum atomic E-state index is 3.56. The van der Waals surface area contributed by atoms with Crippen molar-refractivity contribution in [1.29, 1.82) is 0 Å². The summed E-state index contributed by atoms with van der Waals surface area (Å²) in [5.74, 6) is 1.02. The average molecular weight is 295 g/mol. The summed E-state index contributed by atoms with van der Waals surface area (Å²) in [5, 5.41) is 3.56. The Morgan fingerprint density at radius 3 is 2.46 bits per heavy atom. The van der Waals surface area contributed by atoms with E-state index in [1.165, 1.54) is 62.5 Å². The van der Waals surface area contributed by atoms with Crippen LogP contribution >= 0.6 is 22.6 Å². The number of halogens is 1. The van der Waals surface area contributed by atoms with Gasteiger partial charge < -0.3 is 5.32 Å². The standard InChI is InChI=1S/C11H22IN/c12-8-3-1-2-4-9-13-10-11-6-5-7-11/h11,13H,1-10H2. The van der Waals surface area contributed by atoms with Gasteiger partial charge in [0, 0.05) is 0 Å². The minimum Gasteiger partial charge on any atom is -0.316 e. The number of hydrogen-bond acceptors (Lipinski definition) is 1. The summed E-state index contributed by atoms with van der Waals surface area (Å²) >= 11 is 2.46. The van der Waals surface area contributed by atoms with Gasteiger partial charge in [-0.15, -0.1) is 0 Å². The molecule has 0 unspecified atom stereocenters. The highest BCUT2D eigenvalue weighted by atomic mass is 127. The van der Waals surface area contributed by atoms with Gasteiger partial charge in [0.25, 0.3) is 0 Å². The lowest BCUT2D eigenvalue weighted by molar-refractivity contribution is 0.301. The Balaban J connectivity index is 1.68. The smallest absolute Gasteiger partial charge is 0.000473 e. The van der Waals surface area contributed by atoms with Gasteiger partial charge in [-0.05, 0) is 49.1 Å². The van der Waals surface area contributed by atoms with E-state index >= 15 is 0 Å². The minimum absolute atomic E-state index is 1.02. The van der Waals surface area contributed by atoms with E-state index < -0.39 is 0 Å². The van der Waals surface area contributed by atoms with Crippen LogP contribution < -0.4 is 5.32 Å². The Morgan fingerprint density at radius 1 is 1.08 bits per heavy atom. The number of unbranched alkanes of at least 4 members (excludes halogenated alkanes) is 3. The third kappa shape index (κ3) is 5.89. The molecule has 0 bridgehead atoms. The highest BCUT2D eigenvalue weighted by molar-refractivity contribution is 14.1. The number of hydrogen-bond donors (Lipinski definition) is 1. The van der Waals surface area contributed by atoms with E-state index in [2.05, 4.69) is 27.9 Å². The van der Waals surface area contributed by atoms with Gasteiger partial charge in [0.15, 0.2) is 0 Å². The highest BCUT2D eigenvalue weighted by Crippen LogP contribution is 2.24. The first-order valence-corrected chi connectivity index (χ1v) is 7.22. The van der Waals surface area contributed by atoms with E-state index in [-0.39, 0.29) is 0 Å². The van der Waals surface area contributed by atoms with Crippen LogP contribution in [0.3, 0.4) is 0 Å². The maximum Gasteiger partial charge on any atom is -0.000473 e. The van der Waals surface area contributed by atoms with Crippen molar-refractivity contribution >= 4 is 22.6 Å². The van der Waals surface area contributed by atoms with Gasteiger partial charge in [-0.25, -0.2) is 0 Å². The molecule has 1 aliphatic carbocycles. The van der Waals surface area contributed by atoms with Crippen molar-refractivity contribution in [2.75, 3.05) is 17.5 Å². The molecule has 1 aliphatic rings. The van der Waals surface area contributed by atoms with Crippen LogP contribution in [0.2, 0.25) is 0 Å². The minimum atomic E-state index is 1.02.